The van der Waals surface area contributed by atoms with Gasteiger partial charge < -0.3 is 14.2 Å². The molecule has 0 aliphatic heterocycles. The molecule has 0 amide bonds. The summed E-state index contributed by atoms with van der Waals surface area (Å²) in [5, 5.41) is 10.9. The summed E-state index contributed by atoms with van der Waals surface area (Å²) in [5.74, 6) is -0.540. The van der Waals surface area contributed by atoms with E-state index >= 15 is 0 Å². The van der Waals surface area contributed by atoms with Gasteiger partial charge in [0.1, 0.15) is 6.61 Å². The maximum atomic E-state index is 11.3. The van der Waals surface area contributed by atoms with Crippen LogP contribution in [0.2, 0.25) is 0 Å². The van der Waals surface area contributed by atoms with Crippen LogP contribution in [-0.2, 0) is 9.47 Å². The predicted molar refractivity (Wildman–Crippen MR) is 66.4 cm³/mol. The lowest BCUT2D eigenvalue weighted by Crippen LogP contribution is -2.08. The second kappa shape index (κ2) is 7.32. The van der Waals surface area contributed by atoms with Crippen LogP contribution >= 0.6 is 0 Å². The molecule has 1 aromatic carbocycles. The molecule has 0 unspecified atom stereocenters. The van der Waals surface area contributed by atoms with Gasteiger partial charge in [-0.05, 0) is 19.1 Å². The van der Waals surface area contributed by atoms with Gasteiger partial charge in [0.2, 0.25) is 0 Å². The van der Waals surface area contributed by atoms with Crippen LogP contribution in [0.1, 0.15) is 17.3 Å². The molecular weight excluding hydrogens is 254 g/mol. The largest absolute Gasteiger partial charge is 0.484 e. The first-order valence-electron chi connectivity index (χ1n) is 5.67. The molecule has 7 nitrogen and oxygen atoms in total. The van der Waals surface area contributed by atoms with Gasteiger partial charge in [-0.15, -0.1) is 0 Å². The number of rotatable bonds is 7. The van der Waals surface area contributed by atoms with Crippen molar-refractivity contribution in [1.29, 1.82) is 0 Å². The molecule has 7 heteroatoms. The van der Waals surface area contributed by atoms with Crippen LogP contribution < -0.4 is 4.74 Å². The highest BCUT2D eigenvalue weighted by molar-refractivity contribution is 5.90. The summed E-state index contributed by atoms with van der Waals surface area (Å²) < 4.78 is 14.8. The minimum absolute atomic E-state index is 0.0948. The highest BCUT2D eigenvalue weighted by atomic mass is 16.6. The molecule has 0 saturated heterocycles. The summed E-state index contributed by atoms with van der Waals surface area (Å²) in [6.07, 6.45) is 0. The first-order valence-corrected chi connectivity index (χ1v) is 5.67. The third kappa shape index (κ3) is 4.22. The first kappa shape index (κ1) is 14.9. The molecule has 1 rings (SSSR count). The number of carbonyl (C=O) groups excluding carboxylic acids is 1. The van der Waals surface area contributed by atoms with Gasteiger partial charge in [-0.25, -0.2) is 4.79 Å². The monoisotopic (exact) mass is 269 g/mol. The van der Waals surface area contributed by atoms with Crippen molar-refractivity contribution >= 4 is 11.7 Å². The van der Waals surface area contributed by atoms with Crippen LogP contribution in [-0.4, -0.2) is 37.8 Å². The minimum atomic E-state index is -0.635. The fraction of sp³-hybridized carbons (Fsp3) is 0.417. The summed E-state index contributed by atoms with van der Waals surface area (Å²) in [6.45, 7) is 2.93. The van der Waals surface area contributed by atoms with E-state index in [9.17, 15) is 14.9 Å². The summed E-state index contributed by atoms with van der Waals surface area (Å²) in [7, 11) is 1.21. The van der Waals surface area contributed by atoms with Gasteiger partial charge in [-0.2, -0.15) is 0 Å². The second-order valence-corrected chi connectivity index (χ2v) is 3.48. The number of ether oxygens (including phenoxy) is 3. The smallest absolute Gasteiger partial charge is 0.338 e. The molecule has 0 spiro atoms. The second-order valence-electron chi connectivity index (χ2n) is 3.48. The lowest BCUT2D eigenvalue weighted by molar-refractivity contribution is -0.385. The van der Waals surface area contributed by atoms with Crippen molar-refractivity contribution in [1.82, 2.24) is 0 Å². The van der Waals surface area contributed by atoms with Gasteiger partial charge in [-0.3, -0.25) is 10.1 Å². The Morgan fingerprint density at radius 3 is 2.68 bits per heavy atom. The highest BCUT2D eigenvalue weighted by Crippen LogP contribution is 2.28. The lowest BCUT2D eigenvalue weighted by Gasteiger charge is -2.07. The Kier molecular flexibility index (Phi) is 5.74. The van der Waals surface area contributed by atoms with Crippen LogP contribution in [0.3, 0.4) is 0 Å². The van der Waals surface area contributed by atoms with Crippen LogP contribution in [0.4, 0.5) is 5.69 Å². The van der Waals surface area contributed by atoms with Gasteiger partial charge in [0.15, 0.2) is 5.75 Å². The van der Waals surface area contributed by atoms with Crippen molar-refractivity contribution in [2.75, 3.05) is 26.9 Å². The van der Waals surface area contributed by atoms with E-state index in [4.69, 9.17) is 9.47 Å². The third-order valence-corrected chi connectivity index (χ3v) is 2.27. The van der Waals surface area contributed by atoms with E-state index in [2.05, 4.69) is 4.74 Å². The molecule has 0 atom stereocenters. The number of esters is 1. The van der Waals surface area contributed by atoms with E-state index in [0.717, 1.165) is 6.07 Å². The molecule has 104 valence electrons. The van der Waals surface area contributed by atoms with E-state index in [0.29, 0.717) is 13.2 Å². The van der Waals surface area contributed by atoms with Crippen molar-refractivity contribution in [2.24, 2.45) is 0 Å². The predicted octanol–water partition coefficient (Wildman–Crippen LogP) is 1.80. The maximum absolute atomic E-state index is 11.3. The Morgan fingerprint density at radius 1 is 1.37 bits per heavy atom. The number of nitro groups is 1. The van der Waals surface area contributed by atoms with E-state index in [1.807, 2.05) is 6.92 Å². The normalized spacial score (nSPS) is 10.0. The van der Waals surface area contributed by atoms with Gasteiger partial charge in [0, 0.05) is 12.7 Å². The Balaban J connectivity index is 2.86. The van der Waals surface area contributed by atoms with Gasteiger partial charge in [0.05, 0.1) is 24.2 Å². The maximum Gasteiger partial charge on any atom is 0.338 e. The van der Waals surface area contributed by atoms with Crippen LogP contribution in [0, 0.1) is 10.1 Å². The van der Waals surface area contributed by atoms with Crippen LogP contribution in [0.15, 0.2) is 18.2 Å². The number of benzene rings is 1. The Hall–Kier alpha value is -2.15. The number of hydrogen-bond donors (Lipinski definition) is 0. The third-order valence-electron chi connectivity index (χ3n) is 2.27. The number of carbonyl (C=O) groups is 1. The van der Waals surface area contributed by atoms with E-state index in [-0.39, 0.29) is 23.6 Å². The van der Waals surface area contributed by atoms with Crippen molar-refractivity contribution in [3.05, 3.63) is 33.9 Å². The summed E-state index contributed by atoms with van der Waals surface area (Å²) in [5.41, 5.74) is -0.175. The van der Waals surface area contributed by atoms with Gasteiger partial charge in [-0.1, -0.05) is 0 Å². The average Bonchev–Trinajstić information content (AvgIpc) is 2.42. The van der Waals surface area contributed by atoms with Crippen molar-refractivity contribution in [2.45, 2.75) is 6.92 Å². The molecule has 0 saturated carbocycles. The molecule has 0 aliphatic rings. The van der Waals surface area contributed by atoms with Crippen LogP contribution in [0.25, 0.3) is 0 Å². The SMILES string of the molecule is CCOCCOc1ccc(C(=O)OC)cc1[N+](=O)[O-]. The van der Waals surface area contributed by atoms with Gasteiger partial charge >= 0.3 is 11.7 Å². The quantitative estimate of drug-likeness (QED) is 0.324. The Morgan fingerprint density at radius 2 is 2.11 bits per heavy atom. The zero-order chi connectivity index (χ0) is 14.3. The minimum Gasteiger partial charge on any atom is -0.484 e. The van der Waals surface area contributed by atoms with E-state index < -0.39 is 10.9 Å². The molecule has 19 heavy (non-hydrogen) atoms. The van der Waals surface area contributed by atoms with Gasteiger partial charge in [0.25, 0.3) is 0 Å². The standard InChI is InChI=1S/C12H15NO6/c1-3-18-6-7-19-11-5-4-9(12(14)17-2)8-10(11)13(15)16/h4-5,8H,3,6-7H2,1-2H3. The molecule has 0 N–H and O–H groups in total. The average molecular weight is 269 g/mol. The Labute approximate surface area is 110 Å². The molecule has 0 aromatic heterocycles. The number of nitro benzene ring substituents is 1. The molecule has 0 bridgehead atoms. The summed E-state index contributed by atoms with van der Waals surface area (Å²) in [4.78, 5) is 21.6. The summed E-state index contributed by atoms with van der Waals surface area (Å²) >= 11 is 0. The van der Waals surface area contributed by atoms with E-state index in [1.165, 1.54) is 19.2 Å². The first-order chi connectivity index (χ1) is 9.10. The highest BCUT2D eigenvalue weighted by Gasteiger charge is 2.19. The fourth-order valence-electron chi connectivity index (χ4n) is 1.38. The van der Waals surface area contributed by atoms with E-state index in [1.54, 1.807) is 0 Å². The molecule has 0 fully saturated rings. The molecular formula is C12H15NO6. The van der Waals surface area contributed by atoms with Crippen molar-refractivity contribution in [3.8, 4) is 5.75 Å². The zero-order valence-electron chi connectivity index (χ0n) is 10.8. The molecule has 1 aromatic rings. The fourth-order valence-corrected chi connectivity index (χ4v) is 1.38. The topological polar surface area (TPSA) is 87.9 Å². The summed E-state index contributed by atoms with van der Waals surface area (Å²) in [6, 6.07) is 3.91. The van der Waals surface area contributed by atoms with Crippen molar-refractivity contribution < 1.29 is 23.9 Å². The Bertz CT molecular complexity index is 460. The molecule has 0 aliphatic carbocycles. The molecule has 0 heterocycles. The lowest BCUT2D eigenvalue weighted by atomic mass is 10.2. The number of methoxy groups -OCH3 is 1. The number of nitrogens with zero attached hydrogens (tertiary/aromatic N) is 1. The molecule has 0 radical (unpaired) electrons. The van der Waals surface area contributed by atoms with Crippen LogP contribution in [0.5, 0.6) is 5.75 Å². The zero-order valence-corrected chi connectivity index (χ0v) is 10.8. The van der Waals surface area contributed by atoms with Crippen molar-refractivity contribution in [3.63, 3.8) is 0 Å². The number of hydrogen-bond acceptors (Lipinski definition) is 6.